The van der Waals surface area contributed by atoms with Gasteiger partial charge in [-0.3, -0.25) is 9.59 Å². The van der Waals surface area contributed by atoms with Crippen molar-refractivity contribution >= 4 is 11.7 Å². The van der Waals surface area contributed by atoms with Crippen LogP contribution >= 0.6 is 0 Å². The summed E-state index contributed by atoms with van der Waals surface area (Å²) >= 11 is 0. The molecule has 1 saturated heterocycles. The van der Waals surface area contributed by atoms with Gasteiger partial charge in [0.1, 0.15) is 5.82 Å². The molecule has 2 aromatic carbocycles. The van der Waals surface area contributed by atoms with Crippen molar-refractivity contribution in [3.63, 3.8) is 0 Å². The van der Waals surface area contributed by atoms with Gasteiger partial charge in [0.2, 0.25) is 0 Å². The van der Waals surface area contributed by atoms with Crippen LogP contribution in [0.3, 0.4) is 0 Å². The maximum Gasteiger partial charge on any atom is 0.254 e. The number of amides is 1. The molecular formula is C19H18FNO3. The Bertz CT molecular complexity index is 732. The minimum absolute atomic E-state index is 0.0388. The van der Waals surface area contributed by atoms with Gasteiger partial charge in [-0.15, -0.1) is 0 Å². The molecule has 1 amide bonds. The van der Waals surface area contributed by atoms with Gasteiger partial charge in [-0.2, -0.15) is 0 Å². The zero-order valence-corrected chi connectivity index (χ0v) is 13.2. The van der Waals surface area contributed by atoms with Crippen molar-refractivity contribution in [3.8, 4) is 0 Å². The third-order valence-electron chi connectivity index (χ3n) is 4.08. The van der Waals surface area contributed by atoms with Gasteiger partial charge in [0.25, 0.3) is 5.91 Å². The summed E-state index contributed by atoms with van der Waals surface area (Å²) in [5.41, 5.74) is 0.898. The second-order valence-corrected chi connectivity index (χ2v) is 5.73. The van der Waals surface area contributed by atoms with E-state index >= 15 is 0 Å². The van der Waals surface area contributed by atoms with Crippen molar-refractivity contribution < 1.29 is 18.7 Å². The molecule has 3 rings (SSSR count). The summed E-state index contributed by atoms with van der Waals surface area (Å²) in [6.07, 6.45) is 0.186. The molecule has 0 radical (unpaired) electrons. The largest absolute Gasteiger partial charge is 0.377 e. The van der Waals surface area contributed by atoms with E-state index in [1.54, 1.807) is 35.2 Å². The van der Waals surface area contributed by atoms with Gasteiger partial charge in [0, 0.05) is 24.1 Å². The molecule has 1 aliphatic heterocycles. The minimum atomic E-state index is -0.453. The molecule has 1 heterocycles. The van der Waals surface area contributed by atoms with Crippen LogP contribution < -0.4 is 0 Å². The molecule has 0 bridgehead atoms. The summed E-state index contributed by atoms with van der Waals surface area (Å²) in [4.78, 5) is 26.7. The summed E-state index contributed by atoms with van der Waals surface area (Å²) in [6, 6.07) is 14.2. The lowest BCUT2D eigenvalue weighted by Gasteiger charge is -2.35. The number of carbonyl (C=O) groups excluding carboxylic acids is 2. The molecule has 0 aliphatic carbocycles. The number of morpholine rings is 1. The number of benzene rings is 2. The van der Waals surface area contributed by atoms with Crippen molar-refractivity contribution in [1.29, 1.82) is 0 Å². The lowest BCUT2D eigenvalue weighted by Crippen LogP contribution is -2.49. The highest BCUT2D eigenvalue weighted by Gasteiger charge is 2.30. The topological polar surface area (TPSA) is 46.6 Å². The molecule has 2 aromatic rings. The zero-order chi connectivity index (χ0) is 16.9. The van der Waals surface area contributed by atoms with Crippen molar-refractivity contribution in [2.24, 2.45) is 0 Å². The fraction of sp³-hybridized carbons (Fsp3) is 0.263. The summed E-state index contributed by atoms with van der Waals surface area (Å²) in [6.45, 7) is 1.11. The van der Waals surface area contributed by atoms with Gasteiger partial charge in [-0.05, 0) is 18.2 Å². The number of nitrogens with zero attached hydrogens (tertiary/aromatic N) is 1. The van der Waals surface area contributed by atoms with Crippen LogP contribution in [0.2, 0.25) is 0 Å². The first kappa shape index (κ1) is 16.3. The fourth-order valence-electron chi connectivity index (χ4n) is 2.83. The van der Waals surface area contributed by atoms with Crippen LogP contribution in [0.1, 0.15) is 27.1 Å². The van der Waals surface area contributed by atoms with E-state index in [-0.39, 0.29) is 29.7 Å². The van der Waals surface area contributed by atoms with Gasteiger partial charge >= 0.3 is 0 Å². The predicted molar refractivity (Wildman–Crippen MR) is 87.4 cm³/mol. The van der Waals surface area contributed by atoms with E-state index in [1.807, 2.05) is 6.07 Å². The van der Waals surface area contributed by atoms with Crippen LogP contribution in [0, 0.1) is 5.82 Å². The number of ether oxygens (including phenoxy) is 1. The third-order valence-corrected chi connectivity index (χ3v) is 4.08. The number of Topliss-reactive ketones (excluding diaryl/α,β-unsaturated/α-hetero) is 1. The number of halogens is 1. The number of hydrogen-bond acceptors (Lipinski definition) is 3. The van der Waals surface area contributed by atoms with Gasteiger partial charge in [0.15, 0.2) is 5.78 Å². The lowest BCUT2D eigenvalue weighted by molar-refractivity contribution is -0.00283. The van der Waals surface area contributed by atoms with Crippen LogP contribution in [0.25, 0.3) is 0 Å². The highest BCUT2D eigenvalue weighted by Crippen LogP contribution is 2.18. The normalized spacial score (nSPS) is 17.5. The molecular weight excluding hydrogens is 309 g/mol. The third kappa shape index (κ3) is 3.68. The predicted octanol–water partition coefficient (Wildman–Crippen LogP) is 2.94. The molecule has 124 valence electrons. The van der Waals surface area contributed by atoms with Crippen molar-refractivity contribution in [2.45, 2.75) is 12.5 Å². The highest BCUT2D eigenvalue weighted by molar-refractivity contribution is 5.98. The molecule has 5 heteroatoms. The zero-order valence-electron chi connectivity index (χ0n) is 13.2. The maximum absolute atomic E-state index is 13.4. The summed E-state index contributed by atoms with van der Waals surface area (Å²) in [5, 5.41) is 0. The van der Waals surface area contributed by atoms with Crippen LogP contribution in [0.4, 0.5) is 4.39 Å². The van der Waals surface area contributed by atoms with E-state index in [0.717, 1.165) is 0 Å². The SMILES string of the molecule is O=C(C[C@H]1COCCN1C(=O)c1cccc(F)c1)c1ccccc1. The van der Waals surface area contributed by atoms with Crippen molar-refractivity contribution in [1.82, 2.24) is 4.90 Å². The summed E-state index contributed by atoms with van der Waals surface area (Å²) in [5.74, 6) is -0.766. The van der Waals surface area contributed by atoms with E-state index < -0.39 is 5.82 Å². The first-order chi connectivity index (χ1) is 11.6. The molecule has 1 aliphatic rings. The monoisotopic (exact) mass is 327 g/mol. The van der Waals surface area contributed by atoms with E-state index in [4.69, 9.17) is 4.74 Å². The van der Waals surface area contributed by atoms with Gasteiger partial charge in [-0.25, -0.2) is 4.39 Å². The Morgan fingerprint density at radius 2 is 1.83 bits per heavy atom. The van der Waals surface area contributed by atoms with Crippen molar-refractivity contribution in [2.75, 3.05) is 19.8 Å². The Morgan fingerprint density at radius 3 is 2.58 bits per heavy atom. The number of hydrogen-bond donors (Lipinski definition) is 0. The molecule has 0 unspecified atom stereocenters. The first-order valence-electron chi connectivity index (χ1n) is 7.87. The minimum Gasteiger partial charge on any atom is -0.377 e. The van der Waals surface area contributed by atoms with E-state index in [1.165, 1.54) is 18.2 Å². The summed E-state index contributed by atoms with van der Waals surface area (Å²) < 4.78 is 18.8. The maximum atomic E-state index is 13.4. The molecule has 1 fully saturated rings. The molecule has 0 aromatic heterocycles. The Kier molecular flexibility index (Phi) is 5.01. The van der Waals surface area contributed by atoms with Gasteiger partial charge in [0.05, 0.1) is 19.3 Å². The van der Waals surface area contributed by atoms with E-state index in [9.17, 15) is 14.0 Å². The summed E-state index contributed by atoms with van der Waals surface area (Å²) in [7, 11) is 0. The average Bonchev–Trinajstić information content (AvgIpc) is 2.62. The van der Waals surface area contributed by atoms with Crippen LogP contribution in [0.5, 0.6) is 0 Å². The van der Waals surface area contributed by atoms with Gasteiger partial charge in [-0.1, -0.05) is 36.4 Å². The Balaban J connectivity index is 1.76. The smallest absolute Gasteiger partial charge is 0.254 e. The molecule has 0 N–H and O–H groups in total. The first-order valence-corrected chi connectivity index (χ1v) is 7.87. The standard InChI is InChI=1S/C19H18FNO3/c20-16-8-4-7-15(11-16)19(23)21-9-10-24-13-17(21)12-18(22)14-5-2-1-3-6-14/h1-8,11,17H,9-10,12-13H2/t17-/m0/s1. The Morgan fingerprint density at radius 1 is 1.08 bits per heavy atom. The molecule has 0 spiro atoms. The van der Waals surface area contributed by atoms with E-state index in [2.05, 4.69) is 0 Å². The van der Waals surface area contributed by atoms with E-state index in [0.29, 0.717) is 25.3 Å². The second-order valence-electron chi connectivity index (χ2n) is 5.73. The molecule has 0 saturated carbocycles. The number of rotatable bonds is 4. The number of carbonyl (C=O) groups is 2. The second kappa shape index (κ2) is 7.36. The fourth-order valence-corrected chi connectivity index (χ4v) is 2.83. The Hall–Kier alpha value is -2.53. The van der Waals surface area contributed by atoms with Crippen LogP contribution in [0.15, 0.2) is 54.6 Å². The molecule has 1 atom stereocenters. The Labute approximate surface area is 139 Å². The lowest BCUT2D eigenvalue weighted by atomic mass is 10.0. The van der Waals surface area contributed by atoms with Gasteiger partial charge < -0.3 is 9.64 Å². The highest BCUT2D eigenvalue weighted by atomic mass is 19.1. The molecule has 4 nitrogen and oxygen atoms in total. The molecule has 24 heavy (non-hydrogen) atoms. The average molecular weight is 327 g/mol. The van der Waals surface area contributed by atoms with Crippen LogP contribution in [-0.2, 0) is 4.74 Å². The van der Waals surface area contributed by atoms with Crippen LogP contribution in [-0.4, -0.2) is 42.4 Å². The quantitative estimate of drug-likeness (QED) is 0.811. The van der Waals surface area contributed by atoms with Crippen molar-refractivity contribution in [3.05, 3.63) is 71.5 Å². The number of ketones is 1.